The van der Waals surface area contributed by atoms with E-state index >= 15 is 0 Å². The Bertz CT molecular complexity index is 444. The molecule has 18 heavy (non-hydrogen) atoms. The Morgan fingerprint density at radius 3 is 2.67 bits per heavy atom. The first-order valence-corrected chi connectivity index (χ1v) is 5.97. The second-order valence-electron chi connectivity index (χ2n) is 3.98. The number of carbonyl (C=O) groups excluding carboxylic acids is 2. The van der Waals surface area contributed by atoms with Crippen molar-refractivity contribution in [3.05, 3.63) is 29.3 Å². The highest BCUT2D eigenvalue weighted by atomic mass is 16.2. The molecule has 0 aliphatic rings. The molecule has 98 valence electrons. The minimum atomic E-state index is -0.146. The second-order valence-corrected chi connectivity index (χ2v) is 3.98. The van der Waals surface area contributed by atoms with Crippen molar-refractivity contribution in [2.75, 3.05) is 18.4 Å². The summed E-state index contributed by atoms with van der Waals surface area (Å²) in [5.74, 6) is -0.291. The number of nitrogens with one attached hydrogen (secondary N) is 2. The molecule has 1 aromatic carbocycles. The quantitative estimate of drug-likeness (QED) is 0.728. The van der Waals surface area contributed by atoms with Gasteiger partial charge in [-0.15, -0.1) is 0 Å². The summed E-state index contributed by atoms with van der Waals surface area (Å²) in [7, 11) is 0. The van der Waals surface area contributed by atoms with Gasteiger partial charge in [-0.05, 0) is 31.5 Å². The van der Waals surface area contributed by atoms with E-state index in [1.165, 1.54) is 0 Å². The van der Waals surface area contributed by atoms with Crippen molar-refractivity contribution >= 4 is 17.5 Å². The molecule has 0 heterocycles. The molecule has 0 spiro atoms. The zero-order valence-electron chi connectivity index (χ0n) is 10.7. The summed E-state index contributed by atoms with van der Waals surface area (Å²) in [6.45, 7) is 4.61. The van der Waals surface area contributed by atoms with Crippen LogP contribution < -0.4 is 16.4 Å². The minimum absolute atomic E-state index is 0.145. The Kier molecular flexibility index (Phi) is 5.32. The Balaban J connectivity index is 2.87. The molecule has 0 radical (unpaired) electrons. The molecule has 2 amide bonds. The third-order valence-electron chi connectivity index (χ3n) is 2.48. The summed E-state index contributed by atoms with van der Waals surface area (Å²) >= 11 is 0. The molecule has 0 fully saturated rings. The van der Waals surface area contributed by atoms with E-state index in [9.17, 15) is 9.59 Å². The molecule has 0 saturated carbocycles. The van der Waals surface area contributed by atoms with Crippen LogP contribution in [0, 0.1) is 6.92 Å². The average molecular weight is 249 g/mol. The predicted octanol–water partition coefficient (Wildman–Crippen LogP) is 1.03. The molecular weight excluding hydrogens is 230 g/mol. The van der Waals surface area contributed by atoms with Crippen LogP contribution in [0.1, 0.15) is 29.3 Å². The molecule has 0 atom stereocenters. The molecule has 4 N–H and O–H groups in total. The fourth-order valence-electron chi connectivity index (χ4n) is 1.50. The molecule has 0 aliphatic heterocycles. The van der Waals surface area contributed by atoms with Gasteiger partial charge in [0.05, 0.1) is 0 Å². The third kappa shape index (κ3) is 3.85. The monoisotopic (exact) mass is 249 g/mol. The number of hydrogen-bond acceptors (Lipinski definition) is 3. The topological polar surface area (TPSA) is 84.2 Å². The van der Waals surface area contributed by atoms with Gasteiger partial charge in [0.25, 0.3) is 5.91 Å². The van der Waals surface area contributed by atoms with Crippen LogP contribution in [0.4, 0.5) is 5.69 Å². The van der Waals surface area contributed by atoms with Gasteiger partial charge in [0.1, 0.15) is 0 Å². The van der Waals surface area contributed by atoms with E-state index < -0.39 is 0 Å². The minimum Gasteiger partial charge on any atom is -0.352 e. The highest BCUT2D eigenvalue weighted by molar-refractivity contribution is 5.97. The highest BCUT2D eigenvalue weighted by Crippen LogP contribution is 2.17. The molecule has 1 aromatic rings. The maximum absolute atomic E-state index is 11.7. The Labute approximate surface area is 107 Å². The van der Waals surface area contributed by atoms with Crippen LogP contribution in [0.5, 0.6) is 0 Å². The molecule has 0 aliphatic carbocycles. The van der Waals surface area contributed by atoms with Gasteiger partial charge in [0.2, 0.25) is 5.91 Å². The van der Waals surface area contributed by atoms with Gasteiger partial charge >= 0.3 is 0 Å². The first-order chi connectivity index (χ1) is 8.58. The van der Waals surface area contributed by atoms with Gasteiger partial charge < -0.3 is 16.4 Å². The maximum atomic E-state index is 11.7. The molecule has 0 bridgehead atoms. The maximum Gasteiger partial charge on any atom is 0.251 e. The average Bonchev–Trinajstić information content (AvgIpc) is 2.32. The largest absolute Gasteiger partial charge is 0.352 e. The van der Waals surface area contributed by atoms with Crippen molar-refractivity contribution in [3.8, 4) is 0 Å². The number of benzene rings is 1. The lowest BCUT2D eigenvalue weighted by Gasteiger charge is -2.10. The summed E-state index contributed by atoms with van der Waals surface area (Å²) in [6.07, 6.45) is 0.269. The van der Waals surface area contributed by atoms with E-state index in [0.717, 1.165) is 5.56 Å². The zero-order valence-corrected chi connectivity index (χ0v) is 10.7. The molecular formula is C13H19N3O2. The van der Waals surface area contributed by atoms with Gasteiger partial charge in [-0.25, -0.2) is 0 Å². The number of carbonyl (C=O) groups is 2. The lowest BCUT2D eigenvalue weighted by atomic mass is 10.1. The van der Waals surface area contributed by atoms with Crippen molar-refractivity contribution in [3.63, 3.8) is 0 Å². The SMILES string of the molecule is CCNC(=O)c1ccc(C)c(NC(=O)CCN)c1. The fourth-order valence-corrected chi connectivity index (χ4v) is 1.50. The third-order valence-corrected chi connectivity index (χ3v) is 2.48. The Morgan fingerprint density at radius 2 is 2.06 bits per heavy atom. The van der Waals surface area contributed by atoms with Crippen LogP contribution >= 0.6 is 0 Å². The van der Waals surface area contributed by atoms with Gasteiger partial charge in [0.15, 0.2) is 0 Å². The lowest BCUT2D eigenvalue weighted by Crippen LogP contribution is -2.23. The number of rotatable bonds is 5. The van der Waals surface area contributed by atoms with Gasteiger partial charge in [-0.2, -0.15) is 0 Å². The normalized spacial score (nSPS) is 9.94. The van der Waals surface area contributed by atoms with Crippen LogP contribution in [0.25, 0.3) is 0 Å². The predicted molar refractivity (Wildman–Crippen MR) is 71.5 cm³/mol. The van der Waals surface area contributed by atoms with Crippen LogP contribution in [0.2, 0.25) is 0 Å². The Morgan fingerprint density at radius 1 is 1.33 bits per heavy atom. The number of aryl methyl sites for hydroxylation is 1. The molecule has 0 unspecified atom stereocenters. The van der Waals surface area contributed by atoms with Gasteiger partial charge in [0, 0.05) is 30.8 Å². The molecule has 0 saturated heterocycles. The molecule has 1 rings (SSSR count). The number of nitrogens with two attached hydrogens (primary N) is 1. The summed E-state index contributed by atoms with van der Waals surface area (Å²) in [5.41, 5.74) is 7.41. The second kappa shape index (κ2) is 6.76. The van der Waals surface area contributed by atoms with E-state index in [-0.39, 0.29) is 18.2 Å². The van der Waals surface area contributed by atoms with E-state index in [0.29, 0.717) is 24.3 Å². The lowest BCUT2D eigenvalue weighted by molar-refractivity contribution is -0.116. The number of amides is 2. The van der Waals surface area contributed by atoms with Crippen LogP contribution in [-0.4, -0.2) is 24.9 Å². The van der Waals surface area contributed by atoms with E-state index in [1.54, 1.807) is 12.1 Å². The van der Waals surface area contributed by atoms with E-state index in [2.05, 4.69) is 10.6 Å². The van der Waals surface area contributed by atoms with Crippen LogP contribution in [-0.2, 0) is 4.79 Å². The van der Waals surface area contributed by atoms with Gasteiger partial charge in [-0.3, -0.25) is 9.59 Å². The molecule has 5 nitrogen and oxygen atoms in total. The van der Waals surface area contributed by atoms with Crippen molar-refractivity contribution in [1.29, 1.82) is 0 Å². The summed E-state index contributed by atoms with van der Waals surface area (Å²) in [5, 5.41) is 5.46. The molecule has 5 heteroatoms. The smallest absolute Gasteiger partial charge is 0.251 e. The number of anilines is 1. The zero-order chi connectivity index (χ0) is 13.5. The van der Waals surface area contributed by atoms with Gasteiger partial charge in [-0.1, -0.05) is 6.07 Å². The highest BCUT2D eigenvalue weighted by Gasteiger charge is 2.09. The number of hydrogen-bond donors (Lipinski definition) is 3. The summed E-state index contributed by atoms with van der Waals surface area (Å²) in [6, 6.07) is 5.22. The first kappa shape index (κ1) is 14.2. The Hall–Kier alpha value is -1.88. The molecule has 0 aromatic heterocycles. The van der Waals surface area contributed by atoms with Crippen LogP contribution in [0.3, 0.4) is 0 Å². The summed E-state index contributed by atoms with van der Waals surface area (Å²) in [4.78, 5) is 23.2. The van der Waals surface area contributed by atoms with Crippen molar-refractivity contribution in [1.82, 2.24) is 5.32 Å². The van der Waals surface area contributed by atoms with E-state index in [1.807, 2.05) is 19.9 Å². The fraction of sp³-hybridized carbons (Fsp3) is 0.385. The van der Waals surface area contributed by atoms with Crippen molar-refractivity contribution in [2.24, 2.45) is 5.73 Å². The summed E-state index contributed by atoms with van der Waals surface area (Å²) < 4.78 is 0. The standard InChI is InChI=1S/C13H19N3O2/c1-3-15-13(18)10-5-4-9(2)11(8-10)16-12(17)6-7-14/h4-5,8H,3,6-7,14H2,1-2H3,(H,15,18)(H,16,17). The van der Waals surface area contributed by atoms with Crippen molar-refractivity contribution in [2.45, 2.75) is 20.3 Å². The van der Waals surface area contributed by atoms with Crippen LogP contribution in [0.15, 0.2) is 18.2 Å². The first-order valence-electron chi connectivity index (χ1n) is 5.97. The van der Waals surface area contributed by atoms with Crippen molar-refractivity contribution < 1.29 is 9.59 Å². The van der Waals surface area contributed by atoms with E-state index in [4.69, 9.17) is 5.73 Å².